The van der Waals surface area contributed by atoms with Crippen LogP contribution >= 0.6 is 0 Å². The Kier molecular flexibility index (Phi) is 5.39. The van der Waals surface area contributed by atoms with Gasteiger partial charge in [0, 0.05) is 18.6 Å². The molecule has 2 saturated carbocycles. The van der Waals surface area contributed by atoms with E-state index < -0.39 is 0 Å². The van der Waals surface area contributed by atoms with Gasteiger partial charge in [0.2, 0.25) is 5.69 Å². The summed E-state index contributed by atoms with van der Waals surface area (Å²) >= 11 is 0. The van der Waals surface area contributed by atoms with Crippen LogP contribution in [0.15, 0.2) is 42.5 Å². The van der Waals surface area contributed by atoms with Gasteiger partial charge in [-0.25, -0.2) is 0 Å². The summed E-state index contributed by atoms with van der Waals surface area (Å²) in [6.07, 6.45) is 12.4. The maximum atomic E-state index is 2.51. The van der Waals surface area contributed by atoms with Crippen LogP contribution < -0.4 is 4.57 Å². The van der Waals surface area contributed by atoms with E-state index in [1.165, 1.54) is 91.1 Å². The highest BCUT2D eigenvalue weighted by atomic mass is 14.9. The lowest BCUT2D eigenvalue weighted by atomic mass is 9.83. The molecule has 0 radical (unpaired) electrons. The minimum atomic E-state index is 0.753. The molecule has 0 atom stereocenters. The first-order valence-electron chi connectivity index (χ1n) is 12.2. The molecule has 0 N–H and O–H groups in total. The molecule has 2 aliphatic rings. The van der Waals surface area contributed by atoms with E-state index in [4.69, 9.17) is 0 Å². The Labute approximate surface area is 182 Å². The Morgan fingerprint density at radius 2 is 1.30 bits per heavy atom. The number of aromatic nitrogens is 1. The molecule has 2 aliphatic carbocycles. The van der Waals surface area contributed by atoms with Gasteiger partial charge < -0.3 is 0 Å². The maximum Gasteiger partial charge on any atom is 0.220 e. The van der Waals surface area contributed by atoms with Crippen molar-refractivity contribution in [2.75, 3.05) is 0 Å². The number of aryl methyl sites for hydroxylation is 2. The van der Waals surface area contributed by atoms with E-state index in [1.54, 1.807) is 11.1 Å². The molecule has 5 rings (SSSR count). The predicted molar refractivity (Wildman–Crippen MR) is 127 cm³/mol. The van der Waals surface area contributed by atoms with Gasteiger partial charge in [-0.1, -0.05) is 56.4 Å². The van der Waals surface area contributed by atoms with Crippen molar-refractivity contribution in [1.29, 1.82) is 0 Å². The second-order valence-corrected chi connectivity index (χ2v) is 9.93. The zero-order valence-electron chi connectivity index (χ0n) is 19.0. The average Bonchev–Trinajstić information content (AvgIpc) is 3.31. The number of nitrogens with zero attached hydrogens (tertiary/aromatic N) is 1. The molecule has 1 aromatic heterocycles. The first-order valence-corrected chi connectivity index (χ1v) is 12.2. The molecular weight excluding hydrogens is 362 g/mol. The summed E-state index contributed by atoms with van der Waals surface area (Å²) in [5, 5.41) is 2.81. The van der Waals surface area contributed by atoms with Gasteiger partial charge in [-0.2, -0.15) is 4.57 Å². The molecule has 0 aliphatic heterocycles. The fourth-order valence-electron chi connectivity index (χ4n) is 6.02. The first kappa shape index (κ1) is 19.8. The Morgan fingerprint density at radius 1 is 0.700 bits per heavy atom. The molecule has 0 saturated heterocycles. The summed E-state index contributed by atoms with van der Waals surface area (Å²) in [5.41, 5.74) is 8.62. The molecule has 1 nitrogen and oxygen atoms in total. The van der Waals surface area contributed by atoms with Crippen molar-refractivity contribution >= 4 is 10.8 Å². The summed E-state index contributed by atoms with van der Waals surface area (Å²) in [5.74, 6) is 1.51. The van der Waals surface area contributed by atoms with Gasteiger partial charge in [0.15, 0.2) is 5.69 Å². The zero-order chi connectivity index (χ0) is 20.7. The maximum absolute atomic E-state index is 2.51. The standard InChI is InChI=1S/C29H36N/c1-20-13-14-25(23-11-7-8-12-23)19-28(20)29-27-16-15-24(22-9-5-4-6-10-22)18-26(27)17-21(2)30(29)3/h13-19,22-23H,4-12H2,1-3H3/q+1. The van der Waals surface area contributed by atoms with E-state index in [9.17, 15) is 0 Å². The molecule has 0 spiro atoms. The SMILES string of the molecule is Cc1ccc(C2CCCC2)cc1-c1c2ccc(C3CCCCC3)cc2cc(C)[n+]1C. The third-order valence-corrected chi connectivity index (χ3v) is 7.98. The van der Waals surface area contributed by atoms with Crippen LogP contribution in [0.4, 0.5) is 0 Å². The second kappa shape index (κ2) is 8.17. The number of hydrogen-bond acceptors (Lipinski definition) is 0. The molecular formula is C29H36N+. The van der Waals surface area contributed by atoms with E-state index in [1.807, 2.05) is 0 Å². The largest absolute Gasteiger partial charge is 0.220 e. The molecule has 0 bridgehead atoms. The highest BCUT2D eigenvalue weighted by Gasteiger charge is 2.24. The van der Waals surface area contributed by atoms with E-state index in [0.717, 1.165) is 11.8 Å². The monoisotopic (exact) mass is 398 g/mol. The molecule has 0 unspecified atom stereocenters. The summed E-state index contributed by atoms with van der Waals surface area (Å²) in [7, 11) is 2.24. The predicted octanol–water partition coefficient (Wildman–Crippen LogP) is 7.65. The van der Waals surface area contributed by atoms with Crippen LogP contribution in [0.3, 0.4) is 0 Å². The molecule has 0 amide bonds. The summed E-state index contributed by atoms with van der Waals surface area (Å²) < 4.78 is 2.41. The molecule has 156 valence electrons. The Bertz CT molecular complexity index is 1070. The lowest BCUT2D eigenvalue weighted by Gasteiger charge is -2.22. The lowest BCUT2D eigenvalue weighted by molar-refractivity contribution is -0.665. The third-order valence-electron chi connectivity index (χ3n) is 7.98. The summed E-state index contributed by atoms with van der Waals surface area (Å²) in [6, 6.07) is 17.0. The van der Waals surface area contributed by atoms with Gasteiger partial charge >= 0.3 is 0 Å². The van der Waals surface area contributed by atoms with Crippen molar-refractivity contribution in [2.24, 2.45) is 7.05 Å². The van der Waals surface area contributed by atoms with E-state index in [0.29, 0.717) is 0 Å². The van der Waals surface area contributed by atoms with Gasteiger partial charge in [-0.15, -0.1) is 0 Å². The molecule has 1 heterocycles. The molecule has 30 heavy (non-hydrogen) atoms. The van der Waals surface area contributed by atoms with Gasteiger partial charge in [0.05, 0.1) is 5.39 Å². The van der Waals surface area contributed by atoms with Crippen molar-refractivity contribution < 1.29 is 4.57 Å². The quantitative estimate of drug-likeness (QED) is 0.399. The lowest BCUT2D eigenvalue weighted by Crippen LogP contribution is -2.35. The first-order chi connectivity index (χ1) is 14.6. The molecule has 2 fully saturated rings. The van der Waals surface area contributed by atoms with Crippen molar-refractivity contribution in [3.8, 4) is 11.3 Å². The Balaban J connectivity index is 1.65. The number of pyridine rings is 1. The minimum absolute atomic E-state index is 0.753. The second-order valence-electron chi connectivity index (χ2n) is 9.93. The normalized spacial score (nSPS) is 18.4. The van der Waals surface area contributed by atoms with E-state index >= 15 is 0 Å². The van der Waals surface area contributed by atoms with Crippen molar-refractivity contribution in [3.05, 3.63) is 64.8 Å². The number of fused-ring (bicyclic) bond motifs is 1. The van der Waals surface area contributed by atoms with Crippen molar-refractivity contribution in [3.63, 3.8) is 0 Å². The smallest absolute Gasteiger partial charge is 0.198 e. The minimum Gasteiger partial charge on any atom is -0.198 e. The van der Waals surface area contributed by atoms with E-state index in [-0.39, 0.29) is 0 Å². The van der Waals surface area contributed by atoms with Crippen LogP contribution in [-0.2, 0) is 7.05 Å². The molecule has 2 aromatic carbocycles. The summed E-state index contributed by atoms with van der Waals surface area (Å²) in [6.45, 7) is 4.53. The summed E-state index contributed by atoms with van der Waals surface area (Å²) in [4.78, 5) is 0. The van der Waals surface area contributed by atoms with Gasteiger partial charge in [0.25, 0.3) is 0 Å². The molecule has 1 heteroatoms. The fraction of sp³-hybridized carbons (Fsp3) is 0.483. The van der Waals surface area contributed by atoms with Crippen LogP contribution in [0.1, 0.15) is 92.0 Å². The van der Waals surface area contributed by atoms with Crippen LogP contribution in [0.2, 0.25) is 0 Å². The van der Waals surface area contributed by atoms with Crippen molar-refractivity contribution in [1.82, 2.24) is 0 Å². The van der Waals surface area contributed by atoms with Crippen LogP contribution in [0.5, 0.6) is 0 Å². The van der Waals surface area contributed by atoms with E-state index in [2.05, 4.69) is 67.9 Å². The highest BCUT2D eigenvalue weighted by molar-refractivity contribution is 5.94. The van der Waals surface area contributed by atoms with Crippen molar-refractivity contribution in [2.45, 2.75) is 83.5 Å². The Morgan fingerprint density at radius 3 is 2.00 bits per heavy atom. The third kappa shape index (κ3) is 3.57. The zero-order valence-corrected chi connectivity index (χ0v) is 19.0. The van der Waals surface area contributed by atoms with Crippen LogP contribution in [0, 0.1) is 13.8 Å². The Hall–Kier alpha value is -2.15. The average molecular weight is 399 g/mol. The fourth-order valence-corrected chi connectivity index (χ4v) is 6.02. The van der Waals surface area contributed by atoms with Gasteiger partial charge in [0.1, 0.15) is 7.05 Å². The highest BCUT2D eigenvalue weighted by Crippen LogP contribution is 2.39. The number of rotatable bonds is 3. The number of benzene rings is 2. The van der Waals surface area contributed by atoms with Crippen LogP contribution in [0.25, 0.3) is 22.0 Å². The molecule has 3 aromatic rings. The topological polar surface area (TPSA) is 3.88 Å². The van der Waals surface area contributed by atoms with Gasteiger partial charge in [-0.3, -0.25) is 0 Å². The van der Waals surface area contributed by atoms with Crippen LogP contribution in [-0.4, -0.2) is 0 Å². The number of hydrogen-bond donors (Lipinski definition) is 0. The van der Waals surface area contributed by atoms with Gasteiger partial charge in [-0.05, 0) is 78.7 Å².